The third kappa shape index (κ3) is 4.78. The van der Waals surface area contributed by atoms with Gasteiger partial charge < -0.3 is 10.4 Å². The first-order valence-corrected chi connectivity index (χ1v) is 7.91. The highest BCUT2D eigenvalue weighted by Crippen LogP contribution is 2.19. The maximum absolute atomic E-state index is 12.9. The molecule has 1 aromatic rings. The molecule has 0 radical (unpaired) electrons. The minimum absolute atomic E-state index is 0.0388. The zero-order valence-electron chi connectivity index (χ0n) is 13.3. The van der Waals surface area contributed by atoms with E-state index in [0.29, 0.717) is 6.54 Å². The van der Waals surface area contributed by atoms with Crippen LogP contribution in [0.15, 0.2) is 24.3 Å². The Morgan fingerprint density at radius 1 is 1.41 bits per heavy atom. The number of nitrogens with zero attached hydrogens (tertiary/aromatic N) is 1. The summed E-state index contributed by atoms with van der Waals surface area (Å²) in [6, 6.07) is 6.02. The standard InChI is InChI=1S/C17H25FN2O2/c1-12(14-5-7-16(18)8-6-14)19-17(22)11-20-9-3-4-15(10-20)13(2)21/h5-8,12-13,15,21H,3-4,9-11H2,1-2H3,(H,19,22). The van der Waals surface area contributed by atoms with Crippen LogP contribution in [0.3, 0.4) is 0 Å². The number of halogens is 1. The summed E-state index contributed by atoms with van der Waals surface area (Å²) in [7, 11) is 0. The zero-order valence-corrected chi connectivity index (χ0v) is 13.3. The maximum Gasteiger partial charge on any atom is 0.234 e. The Hall–Kier alpha value is -1.46. The molecule has 1 heterocycles. The summed E-state index contributed by atoms with van der Waals surface area (Å²) in [5, 5.41) is 12.6. The Morgan fingerprint density at radius 3 is 2.73 bits per heavy atom. The first-order valence-electron chi connectivity index (χ1n) is 7.91. The summed E-state index contributed by atoms with van der Waals surface area (Å²) >= 11 is 0. The van der Waals surface area contributed by atoms with Crippen molar-refractivity contribution in [3.05, 3.63) is 35.6 Å². The summed E-state index contributed by atoms with van der Waals surface area (Å²) in [6.07, 6.45) is 1.70. The molecule has 1 saturated heterocycles. The molecule has 0 spiro atoms. The maximum atomic E-state index is 12.9. The summed E-state index contributed by atoms with van der Waals surface area (Å²) in [5.74, 6) is -0.0705. The smallest absolute Gasteiger partial charge is 0.234 e. The number of aliphatic hydroxyl groups is 1. The molecule has 22 heavy (non-hydrogen) atoms. The highest BCUT2D eigenvalue weighted by Gasteiger charge is 2.24. The summed E-state index contributed by atoms with van der Waals surface area (Å²) in [5.41, 5.74) is 0.884. The molecule has 1 fully saturated rings. The lowest BCUT2D eigenvalue weighted by atomic mass is 9.93. The van der Waals surface area contributed by atoms with Gasteiger partial charge in [-0.05, 0) is 56.8 Å². The van der Waals surface area contributed by atoms with E-state index in [1.807, 2.05) is 13.8 Å². The quantitative estimate of drug-likeness (QED) is 0.876. The van der Waals surface area contributed by atoms with E-state index in [2.05, 4.69) is 10.2 Å². The molecule has 3 unspecified atom stereocenters. The summed E-state index contributed by atoms with van der Waals surface area (Å²) < 4.78 is 12.9. The summed E-state index contributed by atoms with van der Waals surface area (Å²) in [6.45, 7) is 5.69. The van der Waals surface area contributed by atoms with Crippen molar-refractivity contribution < 1.29 is 14.3 Å². The van der Waals surface area contributed by atoms with Gasteiger partial charge in [0.2, 0.25) is 5.91 Å². The van der Waals surface area contributed by atoms with Crippen molar-refractivity contribution in [2.45, 2.75) is 38.8 Å². The van der Waals surface area contributed by atoms with Crippen LogP contribution >= 0.6 is 0 Å². The van der Waals surface area contributed by atoms with Crippen LogP contribution in [-0.2, 0) is 4.79 Å². The van der Waals surface area contributed by atoms with Crippen molar-refractivity contribution in [1.29, 1.82) is 0 Å². The summed E-state index contributed by atoms with van der Waals surface area (Å²) in [4.78, 5) is 14.2. The minimum atomic E-state index is -0.330. The first kappa shape index (κ1) is 16.9. The van der Waals surface area contributed by atoms with E-state index in [1.54, 1.807) is 12.1 Å². The SMILES string of the molecule is CC(NC(=O)CN1CCCC(C(C)O)C1)c1ccc(F)cc1. The number of carbonyl (C=O) groups is 1. The molecule has 1 aromatic carbocycles. The van der Waals surface area contributed by atoms with Crippen LogP contribution in [0.5, 0.6) is 0 Å². The van der Waals surface area contributed by atoms with Crippen molar-refractivity contribution in [2.24, 2.45) is 5.92 Å². The molecule has 1 aliphatic heterocycles. The molecule has 5 heteroatoms. The van der Waals surface area contributed by atoms with Crippen LogP contribution < -0.4 is 5.32 Å². The highest BCUT2D eigenvalue weighted by atomic mass is 19.1. The number of amides is 1. The van der Waals surface area contributed by atoms with Crippen molar-refractivity contribution in [1.82, 2.24) is 10.2 Å². The van der Waals surface area contributed by atoms with Gasteiger partial charge in [0.25, 0.3) is 0 Å². The number of rotatable bonds is 5. The molecule has 4 nitrogen and oxygen atoms in total. The van der Waals surface area contributed by atoms with Crippen LogP contribution in [0, 0.1) is 11.7 Å². The fraction of sp³-hybridized carbons (Fsp3) is 0.588. The first-order chi connectivity index (χ1) is 10.5. The third-order valence-electron chi connectivity index (χ3n) is 4.34. The normalized spacial score (nSPS) is 22.1. The predicted octanol–water partition coefficient (Wildman–Crippen LogP) is 2.10. The Balaban J connectivity index is 1.83. The van der Waals surface area contributed by atoms with Crippen LogP contribution in [0.25, 0.3) is 0 Å². The Labute approximate surface area is 131 Å². The van der Waals surface area contributed by atoms with Crippen molar-refractivity contribution in [2.75, 3.05) is 19.6 Å². The van der Waals surface area contributed by atoms with Gasteiger partial charge in [0, 0.05) is 6.54 Å². The van der Waals surface area contributed by atoms with Gasteiger partial charge in [-0.3, -0.25) is 9.69 Å². The molecule has 1 aliphatic rings. The van der Waals surface area contributed by atoms with Gasteiger partial charge in [0.1, 0.15) is 5.82 Å². The number of piperidine rings is 1. The average Bonchev–Trinajstić information content (AvgIpc) is 2.47. The van der Waals surface area contributed by atoms with Gasteiger partial charge in [-0.1, -0.05) is 12.1 Å². The lowest BCUT2D eigenvalue weighted by Gasteiger charge is -2.33. The number of aliphatic hydroxyl groups excluding tert-OH is 1. The number of likely N-dealkylation sites (tertiary alicyclic amines) is 1. The predicted molar refractivity (Wildman–Crippen MR) is 83.8 cm³/mol. The number of carbonyl (C=O) groups excluding carboxylic acids is 1. The number of hydrogen-bond acceptors (Lipinski definition) is 3. The van der Waals surface area contributed by atoms with E-state index in [9.17, 15) is 14.3 Å². The van der Waals surface area contributed by atoms with Crippen molar-refractivity contribution >= 4 is 5.91 Å². The molecule has 2 N–H and O–H groups in total. The van der Waals surface area contributed by atoms with E-state index in [0.717, 1.165) is 31.5 Å². The zero-order chi connectivity index (χ0) is 16.1. The van der Waals surface area contributed by atoms with Crippen LogP contribution in [0.4, 0.5) is 4.39 Å². The van der Waals surface area contributed by atoms with E-state index in [-0.39, 0.29) is 29.8 Å². The topological polar surface area (TPSA) is 52.6 Å². The van der Waals surface area contributed by atoms with Crippen LogP contribution in [0.1, 0.15) is 38.3 Å². The van der Waals surface area contributed by atoms with Gasteiger partial charge in [0.15, 0.2) is 0 Å². The molecule has 0 bridgehead atoms. The molecule has 0 aromatic heterocycles. The second-order valence-corrected chi connectivity index (χ2v) is 6.22. The van der Waals surface area contributed by atoms with Gasteiger partial charge >= 0.3 is 0 Å². The van der Waals surface area contributed by atoms with Gasteiger partial charge in [-0.25, -0.2) is 4.39 Å². The number of hydrogen-bond donors (Lipinski definition) is 2. The van der Waals surface area contributed by atoms with Crippen LogP contribution in [-0.4, -0.2) is 41.7 Å². The molecule has 2 rings (SSSR count). The third-order valence-corrected chi connectivity index (χ3v) is 4.34. The van der Waals surface area contributed by atoms with E-state index in [4.69, 9.17) is 0 Å². The Kier molecular flexibility index (Phi) is 5.91. The second-order valence-electron chi connectivity index (χ2n) is 6.22. The van der Waals surface area contributed by atoms with E-state index in [1.165, 1.54) is 12.1 Å². The molecule has 1 amide bonds. The monoisotopic (exact) mass is 308 g/mol. The van der Waals surface area contributed by atoms with Crippen molar-refractivity contribution in [3.8, 4) is 0 Å². The highest BCUT2D eigenvalue weighted by molar-refractivity contribution is 5.78. The lowest BCUT2D eigenvalue weighted by Crippen LogP contribution is -2.45. The van der Waals surface area contributed by atoms with Gasteiger partial charge in [0.05, 0.1) is 18.7 Å². The molecular weight excluding hydrogens is 283 g/mol. The van der Waals surface area contributed by atoms with E-state index >= 15 is 0 Å². The number of benzene rings is 1. The second kappa shape index (κ2) is 7.70. The molecule has 3 atom stereocenters. The fourth-order valence-electron chi connectivity index (χ4n) is 2.95. The molecule has 0 aliphatic carbocycles. The van der Waals surface area contributed by atoms with E-state index < -0.39 is 0 Å². The number of nitrogens with one attached hydrogen (secondary N) is 1. The lowest BCUT2D eigenvalue weighted by molar-refractivity contribution is -0.123. The van der Waals surface area contributed by atoms with Crippen molar-refractivity contribution in [3.63, 3.8) is 0 Å². The molecule has 122 valence electrons. The Bertz CT molecular complexity index is 490. The Morgan fingerprint density at radius 2 is 2.09 bits per heavy atom. The van der Waals surface area contributed by atoms with Gasteiger partial charge in [-0.15, -0.1) is 0 Å². The van der Waals surface area contributed by atoms with Gasteiger partial charge in [-0.2, -0.15) is 0 Å². The molecular formula is C17H25FN2O2. The largest absolute Gasteiger partial charge is 0.393 e. The molecule has 0 saturated carbocycles. The fourth-order valence-corrected chi connectivity index (χ4v) is 2.95. The average molecular weight is 308 g/mol. The van der Waals surface area contributed by atoms with Crippen LogP contribution in [0.2, 0.25) is 0 Å². The minimum Gasteiger partial charge on any atom is -0.393 e.